The third-order valence-corrected chi connectivity index (χ3v) is 23.3. The van der Waals surface area contributed by atoms with Crippen molar-refractivity contribution in [2.75, 3.05) is 69.3 Å². The van der Waals surface area contributed by atoms with Crippen molar-refractivity contribution in [2.24, 2.45) is 35.0 Å². The number of carbonyl (C=O) groups is 4. The molecule has 4 amide bonds. The molecule has 1 aliphatic carbocycles. The summed E-state index contributed by atoms with van der Waals surface area (Å²) >= 11 is 0. The predicted octanol–water partition coefficient (Wildman–Crippen LogP) is 7.36. The van der Waals surface area contributed by atoms with Crippen molar-refractivity contribution in [1.29, 1.82) is 0 Å². The van der Waals surface area contributed by atoms with E-state index in [9.17, 15) is 83.9 Å². The van der Waals surface area contributed by atoms with Crippen molar-refractivity contribution < 1.29 is 83.9 Å². The van der Waals surface area contributed by atoms with Gasteiger partial charge in [0.15, 0.2) is 54.6 Å². The van der Waals surface area contributed by atoms with Crippen LogP contribution in [0.2, 0.25) is 0 Å². The molecule has 4 aromatic carbocycles. The van der Waals surface area contributed by atoms with Gasteiger partial charge in [0.1, 0.15) is 27.3 Å². The third kappa shape index (κ3) is 21.2. The fraction of sp³-hybridized carbons (Fsp3) is 0.562. The molecule has 0 aromatic heterocycles. The number of sulfone groups is 3. The molecule has 0 radical (unpaired) electrons. The van der Waals surface area contributed by atoms with Crippen LogP contribution in [0.25, 0.3) is 0 Å². The topological polar surface area (TPSA) is 271 Å². The highest BCUT2D eigenvalue weighted by Crippen LogP contribution is 2.30. The summed E-state index contributed by atoms with van der Waals surface area (Å²) in [5, 5.41) is 2.38. The molecule has 29 heteroatoms. The lowest BCUT2D eigenvalue weighted by atomic mass is 9.86. The summed E-state index contributed by atoms with van der Waals surface area (Å²) in [7, 11) is -10.2. The van der Waals surface area contributed by atoms with Gasteiger partial charge in [-0.15, -0.1) is 0 Å². The van der Waals surface area contributed by atoms with Gasteiger partial charge in [-0.25, -0.2) is 64.8 Å². The van der Waals surface area contributed by atoms with E-state index in [2.05, 4.69) is 5.32 Å². The molecule has 4 heterocycles. The van der Waals surface area contributed by atoms with E-state index in [0.29, 0.717) is 127 Å². The molecule has 4 fully saturated rings. The van der Waals surface area contributed by atoms with E-state index in [1.54, 1.807) is 20.8 Å². The van der Waals surface area contributed by atoms with Crippen molar-refractivity contribution >= 4 is 53.1 Å². The predicted molar refractivity (Wildman–Crippen MR) is 331 cm³/mol. The Labute approximate surface area is 537 Å². The van der Waals surface area contributed by atoms with Crippen LogP contribution in [0.3, 0.4) is 0 Å². The number of nitrogens with one attached hydrogen (secondary N) is 1. The molecular formula is C64H82F9N7O10S3. The second-order valence-corrected chi connectivity index (χ2v) is 31.8. The summed E-state index contributed by atoms with van der Waals surface area (Å²) in [4.78, 5) is 54.1. The molecule has 0 spiro atoms. The highest BCUT2D eigenvalue weighted by atomic mass is 32.2. The maximum absolute atomic E-state index is 13.9. The number of likely N-dealkylation sites (tertiary alicyclic amines) is 3. The maximum atomic E-state index is 13.9. The number of nitrogens with zero attached hydrogens (tertiary/aromatic N) is 3. The minimum Gasteiger partial charge on any atom is -0.352 e. The molecule has 9 rings (SSSR count). The number of benzene rings is 4. The molecule has 1 saturated carbocycles. The number of rotatable bonds is 20. The number of hydrogen-bond donors (Lipinski definition) is 4. The molecule has 5 aliphatic rings. The second-order valence-electron chi connectivity index (χ2n) is 25.0. The van der Waals surface area contributed by atoms with Crippen LogP contribution < -0.4 is 22.5 Å². The van der Waals surface area contributed by atoms with Gasteiger partial charge in [0.05, 0.1) is 27.4 Å². The lowest BCUT2D eigenvalue weighted by Gasteiger charge is -2.35. The van der Waals surface area contributed by atoms with E-state index in [4.69, 9.17) is 17.2 Å². The Morgan fingerprint density at radius 3 is 1.22 bits per heavy atom. The highest BCUT2D eigenvalue weighted by molar-refractivity contribution is 7.92. The van der Waals surface area contributed by atoms with E-state index in [1.807, 2.05) is 0 Å². The van der Waals surface area contributed by atoms with Gasteiger partial charge in [0.2, 0.25) is 17.7 Å². The Balaban J connectivity index is 0.000000200. The fourth-order valence-electron chi connectivity index (χ4n) is 12.6. The lowest BCUT2D eigenvalue weighted by molar-refractivity contribution is -0.133. The summed E-state index contributed by atoms with van der Waals surface area (Å²) in [6.45, 7) is 3.06. The average Bonchev–Trinajstić information content (AvgIpc) is 0.859. The zero-order valence-corrected chi connectivity index (χ0v) is 54.3. The van der Waals surface area contributed by atoms with Crippen molar-refractivity contribution in [2.45, 2.75) is 144 Å². The van der Waals surface area contributed by atoms with Gasteiger partial charge in [0, 0.05) is 113 Å². The van der Waals surface area contributed by atoms with Gasteiger partial charge in [-0.1, -0.05) is 25.3 Å². The summed E-state index contributed by atoms with van der Waals surface area (Å²) in [6, 6.07) is 7.14. The van der Waals surface area contributed by atoms with E-state index in [-0.39, 0.29) is 124 Å². The quantitative estimate of drug-likeness (QED) is 0.0498. The van der Waals surface area contributed by atoms with Crippen LogP contribution in [-0.4, -0.2) is 156 Å². The zero-order chi connectivity index (χ0) is 68.1. The van der Waals surface area contributed by atoms with Gasteiger partial charge in [-0.3, -0.25) is 19.2 Å². The Morgan fingerprint density at radius 2 is 0.839 bits per heavy atom. The van der Waals surface area contributed by atoms with Crippen LogP contribution >= 0.6 is 0 Å². The van der Waals surface area contributed by atoms with Crippen molar-refractivity contribution in [3.8, 4) is 0 Å². The molecule has 0 bridgehead atoms. The fourth-order valence-corrected chi connectivity index (χ4v) is 16.3. The van der Waals surface area contributed by atoms with E-state index >= 15 is 0 Å². The van der Waals surface area contributed by atoms with E-state index < -0.39 is 100.0 Å². The van der Waals surface area contributed by atoms with Crippen LogP contribution in [0, 0.1) is 70.1 Å². The number of hydrogen-bond acceptors (Lipinski definition) is 13. The van der Waals surface area contributed by atoms with Crippen molar-refractivity contribution in [3.05, 3.63) is 135 Å². The lowest BCUT2D eigenvalue weighted by Crippen LogP contribution is -2.44. The van der Waals surface area contributed by atoms with E-state index in [1.165, 1.54) is 12.1 Å². The first kappa shape index (κ1) is 74.3. The standard InChI is InChI=1S/C25H28F3N3O4S.C22H31F3N2O3S.C17H23F3N2O3S/c26-20-14-22(28)21(27)11-17(20)12-23(29)16-4-8-31(9-5-16)24(32)6-10-36(34,35)18-2-1-15-3-7-30-25(33)19(15)13-18;23-18-14-20(25)19(24)12-16(18)13-21(26)15-6-9-27(10-7-15)22(28)8-11-31(29,30)17-4-2-1-3-5-17;1-26(24,25)7-4-17(23)22-5-2-11(3-6-22)16(21)9-12-8-14(19)15(20)10-13(12)18/h1-2,11,13-14,16,23H,3-10,12,29H2,(H,30,33);12,14-15,17,21H,1-11,13,26H2;8,10-11,16H,2-7,9,21H2,1H3/t23-;21-;16-/m111/s1. The second kappa shape index (κ2) is 33.0. The Morgan fingerprint density at radius 1 is 0.484 bits per heavy atom. The molecular weight excluding hydrogens is 1290 g/mol. The summed E-state index contributed by atoms with van der Waals surface area (Å²) in [5.41, 5.74) is 19.7. The molecule has 93 heavy (non-hydrogen) atoms. The first-order chi connectivity index (χ1) is 43.8. The Bertz CT molecular complexity index is 3660. The van der Waals surface area contributed by atoms with Crippen LogP contribution in [0.1, 0.15) is 123 Å². The molecule has 514 valence electrons. The number of nitrogens with two attached hydrogens (primary N) is 3. The summed E-state index contributed by atoms with van der Waals surface area (Å²) < 4.78 is 194. The maximum Gasteiger partial charge on any atom is 0.251 e. The first-order valence-electron chi connectivity index (χ1n) is 31.3. The smallest absolute Gasteiger partial charge is 0.251 e. The van der Waals surface area contributed by atoms with Crippen LogP contribution in [-0.2, 0) is 69.6 Å². The number of carbonyl (C=O) groups excluding carboxylic acids is 4. The Kier molecular flexibility index (Phi) is 26.4. The third-order valence-electron chi connectivity index (χ3n) is 18.4. The van der Waals surface area contributed by atoms with Crippen molar-refractivity contribution in [3.63, 3.8) is 0 Å². The molecule has 4 aliphatic heterocycles. The number of halogens is 9. The molecule has 3 atom stereocenters. The summed E-state index contributed by atoms with van der Waals surface area (Å²) in [6.07, 6.45) is 9.47. The Hall–Kier alpha value is -6.14. The number of amides is 4. The minimum absolute atomic E-state index is 0.00434. The SMILES string of the molecule is CS(=O)(=O)CCC(=O)N1CCC([C@H](N)Cc2cc(F)c(F)cc2F)CC1.N[C@H](Cc1cc(F)c(F)cc1F)C1CCN(C(=O)CCS(=O)(=O)C2CCCCC2)CC1.N[C@H](Cc1cc(F)c(F)cc1F)C1CCN(C(=O)CCS(=O)(=O)c2ccc3c(c2)C(=O)NCC3)CC1. The van der Waals surface area contributed by atoms with E-state index in [0.717, 1.165) is 49.3 Å². The molecule has 7 N–H and O–H groups in total. The minimum atomic E-state index is -3.76. The molecule has 4 aromatic rings. The molecule has 17 nitrogen and oxygen atoms in total. The van der Waals surface area contributed by atoms with Gasteiger partial charge in [-0.05, 0) is 147 Å². The summed E-state index contributed by atoms with van der Waals surface area (Å²) in [5.74, 6) is -11.2. The normalized spacial score (nSPS) is 18.3. The van der Waals surface area contributed by atoms with Crippen molar-refractivity contribution in [1.82, 2.24) is 20.0 Å². The molecule has 3 saturated heterocycles. The van der Waals surface area contributed by atoms with Crippen LogP contribution in [0.4, 0.5) is 39.5 Å². The molecule has 0 unspecified atom stereocenters. The first-order valence-corrected chi connectivity index (χ1v) is 36.7. The van der Waals surface area contributed by atoms with Crippen LogP contribution in [0.5, 0.6) is 0 Å². The van der Waals surface area contributed by atoms with Gasteiger partial charge < -0.3 is 37.2 Å². The van der Waals surface area contributed by atoms with Gasteiger partial charge >= 0.3 is 0 Å². The van der Waals surface area contributed by atoms with Crippen LogP contribution in [0.15, 0.2) is 59.5 Å². The number of piperidine rings is 3. The van der Waals surface area contributed by atoms with Gasteiger partial charge in [0.25, 0.3) is 5.91 Å². The average molecular weight is 1380 g/mol. The van der Waals surface area contributed by atoms with Gasteiger partial charge in [-0.2, -0.15) is 0 Å². The monoisotopic (exact) mass is 1380 g/mol. The number of fused-ring (bicyclic) bond motifs is 1. The highest BCUT2D eigenvalue weighted by Gasteiger charge is 2.34. The largest absolute Gasteiger partial charge is 0.352 e. The zero-order valence-electron chi connectivity index (χ0n) is 51.8.